The van der Waals surface area contributed by atoms with Crippen LogP contribution in [0.25, 0.3) is 0 Å². The molecule has 6 heteroatoms. The van der Waals surface area contributed by atoms with Crippen molar-refractivity contribution in [2.75, 3.05) is 6.61 Å². The highest BCUT2D eigenvalue weighted by atomic mass is 19.1. The summed E-state index contributed by atoms with van der Waals surface area (Å²) in [7, 11) is 0. The fourth-order valence-electron chi connectivity index (χ4n) is 2.14. The Bertz CT molecular complexity index is 510. The average Bonchev–Trinajstić information content (AvgIpc) is 2.93. The lowest BCUT2D eigenvalue weighted by atomic mass is 9.91. The number of carbonyl (C=O) groups is 2. The van der Waals surface area contributed by atoms with Gasteiger partial charge in [-0.3, -0.25) is 4.79 Å². The Morgan fingerprint density at radius 3 is 2.55 bits per heavy atom. The number of rotatable bonds is 4. The molecule has 1 aliphatic rings. The van der Waals surface area contributed by atoms with Crippen LogP contribution < -0.4 is 5.32 Å². The van der Waals surface area contributed by atoms with Gasteiger partial charge in [0.25, 0.3) is 0 Å². The van der Waals surface area contributed by atoms with E-state index in [2.05, 4.69) is 5.32 Å². The van der Waals surface area contributed by atoms with E-state index < -0.39 is 29.3 Å². The normalized spacial score (nSPS) is 21.2. The maximum Gasteiger partial charge on any atom is 0.333 e. The van der Waals surface area contributed by atoms with Gasteiger partial charge in [0.05, 0.1) is 0 Å². The zero-order valence-corrected chi connectivity index (χ0v) is 11.1. The molecule has 0 bridgehead atoms. The van der Waals surface area contributed by atoms with Gasteiger partial charge in [0.1, 0.15) is 11.9 Å². The summed E-state index contributed by atoms with van der Waals surface area (Å²) in [5.74, 6) is -2.14. The van der Waals surface area contributed by atoms with Crippen molar-refractivity contribution >= 4 is 11.9 Å². The Labute approximate surface area is 115 Å². The van der Waals surface area contributed by atoms with Gasteiger partial charge in [-0.1, -0.05) is 12.1 Å². The fourth-order valence-corrected chi connectivity index (χ4v) is 2.14. The molecule has 1 aromatic rings. The summed E-state index contributed by atoms with van der Waals surface area (Å²) in [5.41, 5.74) is -1.31. The van der Waals surface area contributed by atoms with Crippen molar-refractivity contribution in [2.24, 2.45) is 0 Å². The molecule has 20 heavy (non-hydrogen) atoms. The van der Waals surface area contributed by atoms with Crippen LogP contribution in [0, 0.1) is 5.82 Å². The number of aliphatic carboxylic acids is 1. The SMILES string of the molecule is CC(NC(=O)[C@@H]1CCCO1)(C(=O)O)c1ccc(F)cc1. The first-order valence-corrected chi connectivity index (χ1v) is 6.36. The average molecular weight is 281 g/mol. The summed E-state index contributed by atoms with van der Waals surface area (Å²) in [4.78, 5) is 23.5. The number of nitrogens with one attached hydrogen (secondary N) is 1. The Kier molecular flexibility index (Phi) is 4.04. The van der Waals surface area contributed by atoms with Crippen LogP contribution >= 0.6 is 0 Å². The van der Waals surface area contributed by atoms with Crippen molar-refractivity contribution in [3.63, 3.8) is 0 Å². The molecule has 2 N–H and O–H groups in total. The second kappa shape index (κ2) is 5.58. The molecule has 1 heterocycles. The van der Waals surface area contributed by atoms with Gasteiger partial charge in [-0.25, -0.2) is 9.18 Å². The summed E-state index contributed by atoms with van der Waals surface area (Å²) < 4.78 is 18.2. The molecule has 0 saturated carbocycles. The Balaban J connectivity index is 2.22. The topological polar surface area (TPSA) is 75.6 Å². The smallest absolute Gasteiger partial charge is 0.333 e. The minimum atomic E-state index is -1.61. The van der Waals surface area contributed by atoms with Gasteiger partial charge in [0.2, 0.25) is 5.91 Å². The number of ether oxygens (including phenoxy) is 1. The van der Waals surface area contributed by atoms with E-state index in [9.17, 15) is 19.1 Å². The number of carbonyl (C=O) groups excluding carboxylic acids is 1. The maximum atomic E-state index is 12.9. The van der Waals surface area contributed by atoms with Crippen LogP contribution in [0.4, 0.5) is 4.39 Å². The predicted molar refractivity (Wildman–Crippen MR) is 68.5 cm³/mol. The number of halogens is 1. The van der Waals surface area contributed by atoms with Crippen LogP contribution in [0.5, 0.6) is 0 Å². The van der Waals surface area contributed by atoms with Gasteiger partial charge in [0, 0.05) is 6.61 Å². The summed E-state index contributed by atoms with van der Waals surface area (Å²) in [6, 6.07) is 5.02. The van der Waals surface area contributed by atoms with Crippen molar-refractivity contribution in [3.8, 4) is 0 Å². The number of hydrogen-bond donors (Lipinski definition) is 2. The highest BCUT2D eigenvalue weighted by Gasteiger charge is 2.39. The van der Waals surface area contributed by atoms with E-state index in [4.69, 9.17) is 4.74 Å². The molecule has 1 unspecified atom stereocenters. The van der Waals surface area contributed by atoms with E-state index in [0.717, 1.165) is 18.6 Å². The molecule has 108 valence electrons. The first-order valence-electron chi connectivity index (χ1n) is 6.36. The molecule has 0 aromatic heterocycles. The lowest BCUT2D eigenvalue weighted by Gasteiger charge is -2.28. The molecule has 1 saturated heterocycles. The molecular weight excluding hydrogens is 265 g/mol. The van der Waals surface area contributed by atoms with E-state index in [1.165, 1.54) is 19.1 Å². The Morgan fingerprint density at radius 2 is 2.05 bits per heavy atom. The third-order valence-corrected chi connectivity index (χ3v) is 3.44. The minimum absolute atomic E-state index is 0.303. The highest BCUT2D eigenvalue weighted by Crippen LogP contribution is 2.23. The lowest BCUT2D eigenvalue weighted by molar-refractivity contribution is -0.149. The molecule has 5 nitrogen and oxygen atoms in total. The molecule has 0 radical (unpaired) electrons. The quantitative estimate of drug-likeness (QED) is 0.875. The van der Waals surface area contributed by atoms with Crippen molar-refractivity contribution in [3.05, 3.63) is 35.6 Å². The van der Waals surface area contributed by atoms with Crippen LogP contribution in [0.3, 0.4) is 0 Å². The van der Waals surface area contributed by atoms with Crippen LogP contribution in [0.2, 0.25) is 0 Å². The summed E-state index contributed by atoms with van der Waals surface area (Å²) in [6.07, 6.45) is 0.734. The van der Waals surface area contributed by atoms with E-state index in [-0.39, 0.29) is 0 Å². The Morgan fingerprint density at radius 1 is 1.40 bits per heavy atom. The maximum absolute atomic E-state index is 12.9. The zero-order chi connectivity index (χ0) is 14.8. The lowest BCUT2D eigenvalue weighted by Crippen LogP contribution is -2.52. The third-order valence-electron chi connectivity index (χ3n) is 3.44. The molecule has 1 aromatic carbocycles. The van der Waals surface area contributed by atoms with Gasteiger partial charge in [-0.15, -0.1) is 0 Å². The first-order chi connectivity index (χ1) is 9.43. The van der Waals surface area contributed by atoms with Gasteiger partial charge >= 0.3 is 5.97 Å². The zero-order valence-electron chi connectivity index (χ0n) is 11.1. The molecule has 1 aliphatic heterocycles. The van der Waals surface area contributed by atoms with E-state index in [0.29, 0.717) is 18.6 Å². The number of carboxylic acid groups (broad SMARTS) is 1. The summed E-state index contributed by atoms with van der Waals surface area (Å²) >= 11 is 0. The second-order valence-electron chi connectivity index (χ2n) is 4.93. The van der Waals surface area contributed by atoms with E-state index >= 15 is 0 Å². The molecule has 2 atom stereocenters. The van der Waals surface area contributed by atoms with Crippen molar-refractivity contribution in [2.45, 2.75) is 31.4 Å². The minimum Gasteiger partial charge on any atom is -0.479 e. The largest absolute Gasteiger partial charge is 0.479 e. The number of benzene rings is 1. The predicted octanol–water partition coefficient (Wildman–Crippen LogP) is 1.42. The number of carboxylic acids is 1. The van der Waals surface area contributed by atoms with Gasteiger partial charge in [-0.2, -0.15) is 0 Å². The molecule has 1 amide bonds. The van der Waals surface area contributed by atoms with Crippen LogP contribution in [-0.2, 0) is 19.9 Å². The summed E-state index contributed by atoms with van der Waals surface area (Å²) in [6.45, 7) is 1.87. The standard InChI is InChI=1S/C14H16FNO4/c1-14(13(18)19,9-4-6-10(15)7-5-9)16-12(17)11-3-2-8-20-11/h4-7,11H,2-3,8H2,1H3,(H,16,17)(H,18,19)/t11-,14?/m0/s1. The highest BCUT2D eigenvalue weighted by molar-refractivity contribution is 5.89. The van der Waals surface area contributed by atoms with Crippen molar-refractivity contribution in [1.82, 2.24) is 5.32 Å². The van der Waals surface area contributed by atoms with Gasteiger partial charge in [0.15, 0.2) is 5.54 Å². The summed E-state index contributed by atoms with van der Waals surface area (Å²) in [5, 5.41) is 11.9. The second-order valence-corrected chi connectivity index (χ2v) is 4.93. The molecule has 2 rings (SSSR count). The number of hydrogen-bond acceptors (Lipinski definition) is 3. The van der Waals surface area contributed by atoms with Gasteiger partial charge in [-0.05, 0) is 37.5 Å². The van der Waals surface area contributed by atoms with Crippen LogP contribution in [0.1, 0.15) is 25.3 Å². The van der Waals surface area contributed by atoms with Crippen molar-refractivity contribution in [1.29, 1.82) is 0 Å². The van der Waals surface area contributed by atoms with Crippen LogP contribution in [0.15, 0.2) is 24.3 Å². The molecule has 1 fully saturated rings. The van der Waals surface area contributed by atoms with Crippen LogP contribution in [-0.4, -0.2) is 29.7 Å². The van der Waals surface area contributed by atoms with E-state index in [1.807, 2.05) is 0 Å². The van der Waals surface area contributed by atoms with E-state index in [1.54, 1.807) is 0 Å². The molecule has 0 spiro atoms. The third kappa shape index (κ3) is 2.80. The van der Waals surface area contributed by atoms with Gasteiger partial charge < -0.3 is 15.2 Å². The fraction of sp³-hybridized carbons (Fsp3) is 0.429. The first kappa shape index (κ1) is 14.5. The molecular formula is C14H16FNO4. The molecule has 0 aliphatic carbocycles. The number of amides is 1. The Hall–Kier alpha value is -1.95. The monoisotopic (exact) mass is 281 g/mol. The van der Waals surface area contributed by atoms with Crippen molar-refractivity contribution < 1.29 is 23.8 Å².